The summed E-state index contributed by atoms with van der Waals surface area (Å²) < 4.78 is 19.1. The maximum Gasteiger partial charge on any atom is 0.509 e. The van der Waals surface area contributed by atoms with Gasteiger partial charge in [0.2, 0.25) is 0 Å². The van der Waals surface area contributed by atoms with Gasteiger partial charge in [-0.2, -0.15) is 0 Å². The Bertz CT molecular complexity index is 766. The summed E-state index contributed by atoms with van der Waals surface area (Å²) in [7, 11) is 0. The molecule has 5 aliphatic rings. The van der Waals surface area contributed by atoms with Crippen molar-refractivity contribution in [3.63, 3.8) is 0 Å². The van der Waals surface area contributed by atoms with E-state index < -0.39 is 18.3 Å². The van der Waals surface area contributed by atoms with Crippen LogP contribution in [0.3, 0.4) is 0 Å². The molecular formula is C22H30O5. The molecule has 0 aromatic rings. The molecule has 0 amide bonds. The maximum atomic E-state index is 13.3. The summed E-state index contributed by atoms with van der Waals surface area (Å²) >= 11 is 0. The van der Waals surface area contributed by atoms with Gasteiger partial charge in [0.25, 0.3) is 0 Å². The number of ketones is 2. The minimum absolute atomic E-state index is 0.00720. The quantitative estimate of drug-likeness (QED) is 0.650. The van der Waals surface area contributed by atoms with Crippen molar-refractivity contribution in [3.8, 4) is 0 Å². The minimum atomic E-state index is -1.42. The average molecular weight is 375 g/mol. The predicted molar refractivity (Wildman–Crippen MR) is 96.8 cm³/mol. The van der Waals surface area contributed by atoms with Crippen molar-refractivity contribution in [1.29, 1.82) is 0 Å². The van der Waals surface area contributed by atoms with E-state index in [1.54, 1.807) is 6.92 Å². The molecule has 0 spiro atoms. The first kappa shape index (κ1) is 16.6. The second-order valence-electron chi connectivity index (χ2n) is 10.2. The number of carbonyl (C=O) groups is 3. The third-order valence-electron chi connectivity index (χ3n) is 9.24. The molecule has 0 unspecified atom stereocenters. The number of hydrogen-bond donors (Lipinski definition) is 0. The van der Waals surface area contributed by atoms with E-state index in [0.29, 0.717) is 36.4 Å². The van der Waals surface area contributed by atoms with E-state index in [2.05, 4.69) is 13.8 Å². The Hall–Kier alpha value is -1.39. The molecule has 5 nitrogen and oxygen atoms in total. The summed E-state index contributed by atoms with van der Waals surface area (Å²) in [6.45, 7) is 6.17. The summed E-state index contributed by atoms with van der Waals surface area (Å²) in [6.07, 6.45) is 2.54. The number of hydrogen-bond acceptors (Lipinski definition) is 5. The van der Waals surface area contributed by atoms with Crippen molar-refractivity contribution in [2.75, 3.05) is 0 Å². The summed E-state index contributed by atoms with van der Waals surface area (Å²) in [6, 6.07) is 0. The van der Waals surface area contributed by atoms with E-state index in [-0.39, 0.29) is 34.9 Å². The van der Waals surface area contributed by atoms with Gasteiger partial charge in [0.05, 0.1) is 1.37 Å². The molecule has 4 saturated carbocycles. The highest BCUT2D eigenvalue weighted by Gasteiger charge is 2.65. The Kier molecular flexibility index (Phi) is 3.42. The van der Waals surface area contributed by atoms with E-state index in [9.17, 15) is 14.4 Å². The SMILES string of the molecule is [2H][C@]12C[C@@H]3C(=O)C[C@@H]4[C@H](CC[C@]5(C)[C@@H](C(C)=O)CC[C@@H]45)[C@@]3(C)C[C@H]1OC(=O)O2. The number of ether oxygens (including phenoxy) is 2. The zero-order valence-corrected chi connectivity index (χ0v) is 16.5. The largest absolute Gasteiger partial charge is 0.509 e. The van der Waals surface area contributed by atoms with Crippen molar-refractivity contribution in [3.05, 3.63) is 0 Å². The molecule has 5 heteroatoms. The van der Waals surface area contributed by atoms with Crippen LogP contribution in [-0.2, 0) is 19.1 Å². The van der Waals surface area contributed by atoms with Gasteiger partial charge in [0, 0.05) is 18.3 Å². The lowest BCUT2D eigenvalue weighted by atomic mass is 9.44. The molecule has 4 aliphatic carbocycles. The second-order valence-corrected chi connectivity index (χ2v) is 10.2. The van der Waals surface area contributed by atoms with Gasteiger partial charge in [-0.3, -0.25) is 9.59 Å². The Labute approximate surface area is 161 Å². The van der Waals surface area contributed by atoms with Gasteiger partial charge in [-0.05, 0) is 74.0 Å². The first-order valence-electron chi connectivity index (χ1n) is 11.0. The van der Waals surface area contributed by atoms with Gasteiger partial charge in [-0.25, -0.2) is 4.79 Å². The van der Waals surface area contributed by atoms with Crippen molar-refractivity contribution in [1.82, 2.24) is 0 Å². The van der Waals surface area contributed by atoms with Crippen LogP contribution in [0.4, 0.5) is 4.79 Å². The van der Waals surface area contributed by atoms with Gasteiger partial charge >= 0.3 is 6.16 Å². The van der Waals surface area contributed by atoms with E-state index in [4.69, 9.17) is 10.8 Å². The van der Waals surface area contributed by atoms with Gasteiger partial charge in [-0.1, -0.05) is 13.8 Å². The van der Waals surface area contributed by atoms with Crippen LogP contribution in [0, 0.1) is 40.4 Å². The molecule has 1 saturated heterocycles. The minimum Gasteiger partial charge on any atom is -0.427 e. The van der Waals surface area contributed by atoms with Gasteiger partial charge in [0.1, 0.15) is 23.8 Å². The average Bonchev–Trinajstić information content (AvgIpc) is 3.08. The Morgan fingerprint density at radius 1 is 1.11 bits per heavy atom. The fourth-order valence-electron chi connectivity index (χ4n) is 8.01. The smallest absolute Gasteiger partial charge is 0.427 e. The van der Waals surface area contributed by atoms with Crippen LogP contribution < -0.4 is 0 Å². The highest BCUT2D eigenvalue weighted by molar-refractivity contribution is 5.84. The van der Waals surface area contributed by atoms with E-state index in [0.717, 1.165) is 25.7 Å². The fourth-order valence-corrected chi connectivity index (χ4v) is 8.01. The van der Waals surface area contributed by atoms with Crippen molar-refractivity contribution < 1.29 is 25.2 Å². The Balaban J connectivity index is 1.49. The molecule has 0 aromatic carbocycles. The molecule has 5 fully saturated rings. The first-order chi connectivity index (χ1) is 13.1. The third kappa shape index (κ3) is 2.26. The number of rotatable bonds is 1. The second kappa shape index (κ2) is 5.57. The number of carbonyl (C=O) groups excluding carboxylic acids is 3. The first-order valence-corrected chi connectivity index (χ1v) is 10.5. The van der Waals surface area contributed by atoms with Gasteiger partial charge < -0.3 is 9.47 Å². The van der Waals surface area contributed by atoms with Crippen molar-refractivity contribution in [2.24, 2.45) is 40.4 Å². The van der Waals surface area contributed by atoms with Crippen molar-refractivity contribution >= 4 is 17.7 Å². The molecule has 5 rings (SSSR count). The molecule has 0 radical (unpaired) electrons. The predicted octanol–water partition coefficient (Wildman–Crippen LogP) is 3.93. The summed E-state index contributed by atoms with van der Waals surface area (Å²) in [5, 5.41) is 0. The van der Waals surface area contributed by atoms with Crippen LogP contribution in [0.15, 0.2) is 0 Å². The lowest BCUT2D eigenvalue weighted by Gasteiger charge is -2.60. The molecular weight excluding hydrogens is 344 g/mol. The van der Waals surface area contributed by atoms with E-state index >= 15 is 0 Å². The number of Topliss-reactive ketones (excluding diaryl/α,β-unsaturated/α-hetero) is 2. The fraction of sp³-hybridized carbons (Fsp3) is 0.864. The summed E-state index contributed by atoms with van der Waals surface area (Å²) in [5.41, 5.74) is -0.258. The number of fused-ring (bicyclic) bond motifs is 6. The van der Waals surface area contributed by atoms with Crippen LogP contribution in [0.5, 0.6) is 0 Å². The summed E-state index contributed by atoms with van der Waals surface area (Å²) in [5.74, 6) is 1.47. The summed E-state index contributed by atoms with van der Waals surface area (Å²) in [4.78, 5) is 37.2. The van der Waals surface area contributed by atoms with E-state index in [1.807, 2.05) is 0 Å². The molecule has 148 valence electrons. The zero-order valence-electron chi connectivity index (χ0n) is 17.5. The molecule has 27 heavy (non-hydrogen) atoms. The topological polar surface area (TPSA) is 69.7 Å². The Morgan fingerprint density at radius 3 is 2.59 bits per heavy atom. The van der Waals surface area contributed by atoms with Crippen molar-refractivity contribution in [2.45, 2.75) is 77.9 Å². The normalized spacial score (nSPS) is 56.8. The lowest BCUT2D eigenvalue weighted by Crippen LogP contribution is -2.59. The van der Waals surface area contributed by atoms with Crippen LogP contribution in [0.2, 0.25) is 0 Å². The molecule has 0 bridgehead atoms. The monoisotopic (exact) mass is 375 g/mol. The molecule has 0 N–H and O–H groups in total. The van der Waals surface area contributed by atoms with Crippen LogP contribution in [-0.4, -0.2) is 29.9 Å². The molecule has 1 aliphatic heterocycles. The molecule has 1 heterocycles. The van der Waals surface area contributed by atoms with Crippen LogP contribution >= 0.6 is 0 Å². The Morgan fingerprint density at radius 2 is 1.85 bits per heavy atom. The van der Waals surface area contributed by atoms with Gasteiger partial charge in [0.15, 0.2) is 0 Å². The standard InChI is InChI=1S/C22H30O5/c1-11(23)13-4-5-14-12-8-17(24)16-9-18-19(27-20(25)26-18)10-22(16,3)15(12)6-7-21(13,14)2/h12-16,18-19H,4-10H2,1-3H3/t12-,13+,14-,15-,16+,18-,19+,21+,22+/m0/s1/i18D. The lowest BCUT2D eigenvalue weighted by molar-refractivity contribution is -0.163. The zero-order chi connectivity index (χ0) is 20.1. The van der Waals surface area contributed by atoms with E-state index in [1.165, 1.54) is 0 Å². The maximum absolute atomic E-state index is 13.3. The molecule has 0 aromatic heterocycles. The van der Waals surface area contributed by atoms with Gasteiger partial charge in [-0.15, -0.1) is 0 Å². The molecule has 9 atom stereocenters. The highest BCUT2D eigenvalue weighted by Crippen LogP contribution is 2.67. The third-order valence-corrected chi connectivity index (χ3v) is 9.24. The highest BCUT2D eigenvalue weighted by atomic mass is 16.8. The van der Waals surface area contributed by atoms with Crippen LogP contribution in [0.25, 0.3) is 0 Å². The van der Waals surface area contributed by atoms with Crippen LogP contribution in [0.1, 0.15) is 67.1 Å².